The minimum Gasteiger partial charge on any atom is -0.497 e. The number of halogens is 4. The summed E-state index contributed by atoms with van der Waals surface area (Å²) in [5.74, 6) is -0.0448. The van der Waals surface area contributed by atoms with Crippen molar-refractivity contribution in [3.63, 3.8) is 0 Å². The highest BCUT2D eigenvalue weighted by Gasteiger charge is 2.14. The number of benzene rings is 2. The summed E-state index contributed by atoms with van der Waals surface area (Å²) in [4.78, 5) is 0. The van der Waals surface area contributed by atoms with Crippen molar-refractivity contribution in [3.05, 3.63) is 57.6 Å². The first-order valence-corrected chi connectivity index (χ1v) is 7.96. The number of ether oxygens (including phenoxy) is 2. The molecule has 0 fully saturated rings. The van der Waals surface area contributed by atoms with E-state index in [1.165, 1.54) is 12.1 Å². The van der Waals surface area contributed by atoms with Gasteiger partial charge in [0.15, 0.2) is 0 Å². The number of methoxy groups -OCH3 is 1. The maximum absolute atomic E-state index is 13.9. The summed E-state index contributed by atoms with van der Waals surface area (Å²) >= 11 is 6.38. The highest BCUT2D eigenvalue weighted by molar-refractivity contribution is 9.10. The van der Waals surface area contributed by atoms with Crippen molar-refractivity contribution in [2.24, 2.45) is 0 Å². The number of alkyl halides is 1. The lowest BCUT2D eigenvalue weighted by Gasteiger charge is -2.13. The molecule has 0 heterocycles. The molecule has 0 aliphatic carbocycles. The van der Waals surface area contributed by atoms with E-state index in [1.54, 1.807) is 25.3 Å². The van der Waals surface area contributed by atoms with Gasteiger partial charge in [-0.3, -0.25) is 0 Å². The zero-order valence-corrected chi connectivity index (χ0v) is 14.3. The average molecular weight is 422 g/mol. The minimum absolute atomic E-state index is 0.110. The number of rotatable bonds is 5. The molecule has 0 unspecified atom stereocenters. The summed E-state index contributed by atoms with van der Waals surface area (Å²) in [7, 11) is 1.57. The van der Waals surface area contributed by atoms with Crippen LogP contribution >= 0.6 is 31.9 Å². The molecular weight excluding hydrogens is 410 g/mol. The molecule has 112 valence electrons. The largest absolute Gasteiger partial charge is 0.497 e. The molecule has 0 aliphatic rings. The zero-order valence-electron chi connectivity index (χ0n) is 11.1. The van der Waals surface area contributed by atoms with Crippen LogP contribution < -0.4 is 9.47 Å². The lowest BCUT2D eigenvalue weighted by Crippen LogP contribution is -2.04. The normalized spacial score (nSPS) is 10.5. The van der Waals surface area contributed by atoms with E-state index in [0.717, 1.165) is 5.56 Å². The van der Waals surface area contributed by atoms with Crippen LogP contribution in [-0.4, -0.2) is 7.11 Å². The second-order valence-corrected chi connectivity index (χ2v) is 5.63. The van der Waals surface area contributed by atoms with Crippen LogP contribution in [0.2, 0.25) is 0 Å². The number of hydrogen-bond acceptors (Lipinski definition) is 2. The van der Waals surface area contributed by atoms with Gasteiger partial charge in [-0.05, 0) is 46.3 Å². The van der Waals surface area contributed by atoms with Crippen LogP contribution in [0.5, 0.6) is 11.5 Å². The van der Waals surface area contributed by atoms with Crippen LogP contribution in [0.1, 0.15) is 11.1 Å². The molecule has 0 amide bonds. The molecule has 0 aliphatic heterocycles. The lowest BCUT2D eigenvalue weighted by molar-refractivity contribution is 0.289. The Balaban J connectivity index is 2.22. The molecule has 2 nitrogen and oxygen atoms in total. The molecule has 21 heavy (non-hydrogen) atoms. The Morgan fingerprint density at radius 2 is 1.90 bits per heavy atom. The SMILES string of the molecule is COc1ccc(OCc2c(F)ccc(Br)c2F)c(CBr)c1. The van der Waals surface area contributed by atoms with Gasteiger partial charge in [0.25, 0.3) is 0 Å². The highest BCUT2D eigenvalue weighted by Crippen LogP contribution is 2.28. The molecule has 0 bridgehead atoms. The Hall–Kier alpha value is -1.14. The van der Waals surface area contributed by atoms with Gasteiger partial charge < -0.3 is 9.47 Å². The molecule has 0 saturated carbocycles. The van der Waals surface area contributed by atoms with E-state index < -0.39 is 11.6 Å². The van der Waals surface area contributed by atoms with Crippen molar-refractivity contribution in [2.75, 3.05) is 7.11 Å². The molecular formula is C15H12Br2F2O2. The molecule has 2 rings (SSSR count). The summed E-state index contributed by atoms with van der Waals surface area (Å²) < 4.78 is 38.4. The van der Waals surface area contributed by atoms with Gasteiger partial charge in [0.05, 0.1) is 17.1 Å². The first-order chi connectivity index (χ1) is 10.1. The molecule has 0 spiro atoms. The second-order valence-electron chi connectivity index (χ2n) is 4.22. The monoisotopic (exact) mass is 420 g/mol. The fourth-order valence-electron chi connectivity index (χ4n) is 1.78. The molecule has 2 aromatic rings. The van der Waals surface area contributed by atoms with Crippen LogP contribution in [0.15, 0.2) is 34.8 Å². The number of hydrogen-bond donors (Lipinski definition) is 0. The summed E-state index contributed by atoms with van der Waals surface area (Å²) in [6, 6.07) is 7.77. The molecule has 0 saturated heterocycles. The van der Waals surface area contributed by atoms with E-state index in [-0.39, 0.29) is 16.6 Å². The molecule has 0 radical (unpaired) electrons. The smallest absolute Gasteiger partial charge is 0.146 e. The predicted octanol–water partition coefficient (Wildman–Crippen LogP) is 5.21. The van der Waals surface area contributed by atoms with Crippen molar-refractivity contribution < 1.29 is 18.3 Å². The van der Waals surface area contributed by atoms with E-state index in [1.807, 2.05) is 0 Å². The Labute approximate surface area is 138 Å². The quantitative estimate of drug-likeness (QED) is 0.487. The second kappa shape index (κ2) is 7.22. The van der Waals surface area contributed by atoms with Gasteiger partial charge in [0.1, 0.15) is 29.7 Å². The lowest BCUT2D eigenvalue weighted by atomic mass is 10.2. The summed E-state index contributed by atoms with van der Waals surface area (Å²) in [6.07, 6.45) is 0. The first-order valence-electron chi connectivity index (χ1n) is 6.05. The van der Waals surface area contributed by atoms with Gasteiger partial charge in [0.2, 0.25) is 0 Å². The van der Waals surface area contributed by atoms with Gasteiger partial charge in [-0.1, -0.05) is 15.9 Å². The Bertz CT molecular complexity index is 648. The van der Waals surface area contributed by atoms with Gasteiger partial charge in [-0.25, -0.2) is 8.78 Å². The van der Waals surface area contributed by atoms with Crippen LogP contribution in [0.4, 0.5) is 8.78 Å². The van der Waals surface area contributed by atoms with Crippen molar-refractivity contribution in [3.8, 4) is 11.5 Å². The Kier molecular flexibility index (Phi) is 5.58. The Morgan fingerprint density at radius 3 is 2.57 bits per heavy atom. The van der Waals surface area contributed by atoms with Crippen molar-refractivity contribution in [1.29, 1.82) is 0 Å². The molecule has 6 heteroatoms. The average Bonchev–Trinajstić information content (AvgIpc) is 2.51. The summed E-state index contributed by atoms with van der Waals surface area (Å²) in [5, 5.41) is 0.545. The van der Waals surface area contributed by atoms with Crippen LogP contribution in [0, 0.1) is 11.6 Å². The molecule has 0 N–H and O–H groups in total. The van der Waals surface area contributed by atoms with E-state index in [2.05, 4.69) is 31.9 Å². The highest BCUT2D eigenvalue weighted by atomic mass is 79.9. The zero-order chi connectivity index (χ0) is 15.4. The van der Waals surface area contributed by atoms with Crippen molar-refractivity contribution in [1.82, 2.24) is 0 Å². The van der Waals surface area contributed by atoms with Gasteiger partial charge >= 0.3 is 0 Å². The fraction of sp³-hybridized carbons (Fsp3) is 0.200. The fourth-order valence-corrected chi connectivity index (χ4v) is 2.59. The minimum atomic E-state index is -0.649. The maximum Gasteiger partial charge on any atom is 0.146 e. The van der Waals surface area contributed by atoms with Crippen molar-refractivity contribution in [2.45, 2.75) is 11.9 Å². The predicted molar refractivity (Wildman–Crippen MR) is 84.0 cm³/mol. The van der Waals surface area contributed by atoms with Gasteiger partial charge in [0, 0.05) is 10.9 Å². The van der Waals surface area contributed by atoms with E-state index in [4.69, 9.17) is 9.47 Å². The third kappa shape index (κ3) is 3.74. The third-order valence-electron chi connectivity index (χ3n) is 2.92. The van der Waals surface area contributed by atoms with Gasteiger partial charge in [-0.15, -0.1) is 0 Å². The maximum atomic E-state index is 13.9. The molecule has 0 atom stereocenters. The van der Waals surface area contributed by atoms with Gasteiger partial charge in [-0.2, -0.15) is 0 Å². The molecule has 0 aromatic heterocycles. The van der Waals surface area contributed by atoms with E-state index in [0.29, 0.717) is 16.8 Å². The molecule has 2 aromatic carbocycles. The third-order valence-corrected chi connectivity index (χ3v) is 4.14. The standard InChI is InChI=1S/C15H12Br2F2O2/c1-20-10-2-5-14(9(6-10)7-16)21-8-11-13(18)4-3-12(17)15(11)19/h2-6H,7-8H2,1H3. The van der Waals surface area contributed by atoms with Crippen LogP contribution in [0.3, 0.4) is 0 Å². The topological polar surface area (TPSA) is 18.5 Å². The van der Waals surface area contributed by atoms with E-state index in [9.17, 15) is 8.78 Å². The van der Waals surface area contributed by atoms with Crippen LogP contribution in [-0.2, 0) is 11.9 Å². The Morgan fingerprint density at radius 1 is 1.14 bits per heavy atom. The first kappa shape index (κ1) is 16.2. The van der Waals surface area contributed by atoms with E-state index >= 15 is 0 Å². The summed E-state index contributed by atoms with van der Waals surface area (Å²) in [6.45, 7) is -0.191. The van der Waals surface area contributed by atoms with Crippen LogP contribution in [0.25, 0.3) is 0 Å². The summed E-state index contributed by atoms with van der Waals surface area (Å²) in [5.41, 5.74) is 0.728. The van der Waals surface area contributed by atoms with Crippen molar-refractivity contribution >= 4 is 31.9 Å².